The third-order valence-corrected chi connectivity index (χ3v) is 3.04. The van der Waals surface area contributed by atoms with E-state index in [1.807, 2.05) is 6.20 Å². The van der Waals surface area contributed by atoms with Gasteiger partial charge in [-0.25, -0.2) is 4.98 Å². The summed E-state index contributed by atoms with van der Waals surface area (Å²) in [5, 5.41) is 8.01. The third-order valence-electron chi connectivity index (χ3n) is 2.43. The summed E-state index contributed by atoms with van der Waals surface area (Å²) in [6.45, 7) is 0. The van der Waals surface area contributed by atoms with E-state index in [1.54, 1.807) is 0 Å². The molecule has 1 saturated carbocycles. The molecule has 0 amide bonds. The predicted molar refractivity (Wildman–Crippen MR) is 53.6 cm³/mol. The average Bonchev–Trinajstić information content (AvgIpc) is 2.93. The van der Waals surface area contributed by atoms with Gasteiger partial charge in [-0.3, -0.25) is 5.10 Å². The highest BCUT2D eigenvalue weighted by molar-refractivity contribution is 9.10. The van der Waals surface area contributed by atoms with E-state index in [4.69, 9.17) is 0 Å². The SMILES string of the molecule is Brc1[nH]nc2ncc(C3CC3)cc12. The molecule has 1 aliphatic carbocycles. The smallest absolute Gasteiger partial charge is 0.182 e. The molecule has 0 atom stereocenters. The van der Waals surface area contributed by atoms with Crippen LogP contribution in [0, 0.1) is 0 Å². The molecule has 0 saturated heterocycles. The first-order valence-electron chi connectivity index (χ1n) is 4.34. The summed E-state index contributed by atoms with van der Waals surface area (Å²) in [5.41, 5.74) is 2.13. The topological polar surface area (TPSA) is 41.6 Å². The molecule has 0 spiro atoms. The molecule has 2 aromatic rings. The Kier molecular flexibility index (Phi) is 1.47. The molecular weight excluding hydrogens is 230 g/mol. The highest BCUT2D eigenvalue weighted by Gasteiger charge is 2.24. The van der Waals surface area contributed by atoms with Crippen LogP contribution >= 0.6 is 15.9 Å². The van der Waals surface area contributed by atoms with Crippen LogP contribution in [0.25, 0.3) is 11.0 Å². The second-order valence-electron chi connectivity index (χ2n) is 3.45. The van der Waals surface area contributed by atoms with E-state index in [1.165, 1.54) is 18.4 Å². The van der Waals surface area contributed by atoms with Crippen LogP contribution in [0.5, 0.6) is 0 Å². The Hall–Kier alpha value is -0.900. The molecule has 3 rings (SSSR count). The van der Waals surface area contributed by atoms with Crippen molar-refractivity contribution in [3.05, 3.63) is 22.4 Å². The predicted octanol–water partition coefficient (Wildman–Crippen LogP) is 2.60. The summed E-state index contributed by atoms with van der Waals surface area (Å²) in [6.07, 6.45) is 4.55. The van der Waals surface area contributed by atoms with E-state index in [0.29, 0.717) is 0 Å². The molecule has 0 bridgehead atoms. The van der Waals surface area contributed by atoms with Crippen LogP contribution < -0.4 is 0 Å². The molecule has 0 aromatic carbocycles. The van der Waals surface area contributed by atoms with Crippen LogP contribution in [-0.2, 0) is 0 Å². The normalized spacial score (nSPS) is 16.7. The summed E-state index contributed by atoms with van der Waals surface area (Å²) < 4.78 is 0.928. The number of hydrogen-bond acceptors (Lipinski definition) is 2. The maximum atomic E-state index is 4.29. The number of halogens is 1. The second kappa shape index (κ2) is 2.54. The van der Waals surface area contributed by atoms with Crippen molar-refractivity contribution in [3.8, 4) is 0 Å². The van der Waals surface area contributed by atoms with E-state index in [0.717, 1.165) is 21.6 Å². The van der Waals surface area contributed by atoms with E-state index >= 15 is 0 Å². The van der Waals surface area contributed by atoms with E-state index in [9.17, 15) is 0 Å². The van der Waals surface area contributed by atoms with Crippen molar-refractivity contribution in [2.45, 2.75) is 18.8 Å². The zero-order valence-electron chi connectivity index (χ0n) is 6.92. The molecule has 1 fully saturated rings. The van der Waals surface area contributed by atoms with Crippen molar-refractivity contribution in [2.75, 3.05) is 0 Å². The minimum atomic E-state index is 0.749. The minimum absolute atomic E-state index is 0.749. The second-order valence-corrected chi connectivity index (χ2v) is 4.24. The zero-order chi connectivity index (χ0) is 8.84. The molecule has 3 nitrogen and oxygen atoms in total. The van der Waals surface area contributed by atoms with Gasteiger partial charge in [0.2, 0.25) is 0 Å². The van der Waals surface area contributed by atoms with Crippen LogP contribution in [0.4, 0.5) is 0 Å². The summed E-state index contributed by atoms with van der Waals surface area (Å²) in [7, 11) is 0. The lowest BCUT2D eigenvalue weighted by atomic mass is 10.2. The summed E-state index contributed by atoms with van der Waals surface area (Å²) in [4.78, 5) is 4.29. The van der Waals surface area contributed by atoms with Crippen molar-refractivity contribution in [1.82, 2.24) is 15.2 Å². The number of rotatable bonds is 1. The highest BCUT2D eigenvalue weighted by Crippen LogP contribution is 2.40. The van der Waals surface area contributed by atoms with Gasteiger partial charge in [-0.05, 0) is 46.3 Å². The molecule has 1 aliphatic rings. The fraction of sp³-hybridized carbons (Fsp3) is 0.333. The van der Waals surface area contributed by atoms with Crippen molar-refractivity contribution >= 4 is 27.0 Å². The number of nitrogens with zero attached hydrogens (tertiary/aromatic N) is 2. The van der Waals surface area contributed by atoms with E-state index in [2.05, 4.69) is 37.2 Å². The van der Waals surface area contributed by atoms with Gasteiger partial charge in [0.1, 0.15) is 4.60 Å². The number of fused-ring (bicyclic) bond motifs is 1. The Morgan fingerprint density at radius 3 is 3.08 bits per heavy atom. The standard InChI is InChI=1S/C9H8BrN3/c10-8-7-3-6(5-1-2-5)4-11-9(7)13-12-8/h3-5H,1-2H2,(H,11,12,13). The molecule has 2 heterocycles. The Bertz CT molecular complexity index is 459. The average molecular weight is 238 g/mol. The fourth-order valence-corrected chi connectivity index (χ4v) is 1.91. The lowest BCUT2D eigenvalue weighted by molar-refractivity contribution is 1.07. The Morgan fingerprint density at radius 2 is 2.31 bits per heavy atom. The lowest BCUT2D eigenvalue weighted by Crippen LogP contribution is -1.82. The minimum Gasteiger partial charge on any atom is -0.269 e. The summed E-state index contributed by atoms with van der Waals surface area (Å²) >= 11 is 3.41. The van der Waals surface area contributed by atoms with Gasteiger partial charge in [-0.1, -0.05) is 0 Å². The molecule has 0 unspecified atom stereocenters. The zero-order valence-corrected chi connectivity index (χ0v) is 8.50. The summed E-state index contributed by atoms with van der Waals surface area (Å²) in [6, 6.07) is 2.17. The monoisotopic (exact) mass is 237 g/mol. The molecule has 2 aromatic heterocycles. The first kappa shape index (κ1) is 7.50. The number of pyridine rings is 1. The molecular formula is C9H8BrN3. The Morgan fingerprint density at radius 1 is 1.46 bits per heavy atom. The first-order chi connectivity index (χ1) is 6.34. The van der Waals surface area contributed by atoms with Gasteiger partial charge >= 0.3 is 0 Å². The summed E-state index contributed by atoms with van der Waals surface area (Å²) in [5.74, 6) is 0.749. The number of hydrogen-bond donors (Lipinski definition) is 1. The van der Waals surface area contributed by atoms with Crippen molar-refractivity contribution < 1.29 is 0 Å². The van der Waals surface area contributed by atoms with Crippen LogP contribution in [0.1, 0.15) is 24.3 Å². The molecule has 1 N–H and O–H groups in total. The van der Waals surface area contributed by atoms with Gasteiger partial charge in [-0.2, -0.15) is 5.10 Å². The fourth-order valence-electron chi connectivity index (χ4n) is 1.53. The van der Waals surface area contributed by atoms with Crippen LogP contribution in [0.15, 0.2) is 16.9 Å². The van der Waals surface area contributed by atoms with Gasteiger partial charge < -0.3 is 0 Å². The quantitative estimate of drug-likeness (QED) is 0.829. The van der Waals surface area contributed by atoms with Crippen molar-refractivity contribution in [1.29, 1.82) is 0 Å². The van der Waals surface area contributed by atoms with Crippen LogP contribution in [-0.4, -0.2) is 15.2 Å². The number of aromatic nitrogens is 3. The van der Waals surface area contributed by atoms with Crippen LogP contribution in [0.3, 0.4) is 0 Å². The van der Waals surface area contributed by atoms with Gasteiger partial charge in [0, 0.05) is 6.20 Å². The number of aromatic amines is 1. The Labute approximate surface area is 83.7 Å². The Balaban J connectivity index is 2.24. The van der Waals surface area contributed by atoms with Crippen LogP contribution in [0.2, 0.25) is 0 Å². The molecule has 66 valence electrons. The van der Waals surface area contributed by atoms with Gasteiger partial charge in [0.15, 0.2) is 5.65 Å². The van der Waals surface area contributed by atoms with Gasteiger partial charge in [0.05, 0.1) is 5.39 Å². The molecule has 0 radical (unpaired) electrons. The molecule has 4 heteroatoms. The molecule has 0 aliphatic heterocycles. The highest BCUT2D eigenvalue weighted by atomic mass is 79.9. The maximum Gasteiger partial charge on any atom is 0.182 e. The first-order valence-corrected chi connectivity index (χ1v) is 5.13. The third kappa shape index (κ3) is 1.16. The lowest BCUT2D eigenvalue weighted by Gasteiger charge is -1.95. The number of H-pyrrole nitrogens is 1. The number of nitrogens with one attached hydrogen (secondary N) is 1. The largest absolute Gasteiger partial charge is 0.269 e. The van der Waals surface area contributed by atoms with Gasteiger partial charge in [0.25, 0.3) is 0 Å². The van der Waals surface area contributed by atoms with E-state index < -0.39 is 0 Å². The van der Waals surface area contributed by atoms with E-state index in [-0.39, 0.29) is 0 Å². The van der Waals surface area contributed by atoms with Gasteiger partial charge in [-0.15, -0.1) is 0 Å². The van der Waals surface area contributed by atoms with Crippen molar-refractivity contribution in [2.24, 2.45) is 0 Å². The maximum absolute atomic E-state index is 4.29. The molecule has 13 heavy (non-hydrogen) atoms. The van der Waals surface area contributed by atoms with Crippen molar-refractivity contribution in [3.63, 3.8) is 0 Å².